The molecule has 10 nitrogen and oxygen atoms in total. The average Bonchev–Trinajstić information content (AvgIpc) is 3.45. The van der Waals surface area contributed by atoms with E-state index in [0.717, 1.165) is 10.7 Å². The molecule has 0 spiro atoms. The number of imidazole rings is 1. The number of pyridine rings is 1. The monoisotopic (exact) mass is 412 g/mol. The van der Waals surface area contributed by atoms with Crippen LogP contribution in [0.4, 0.5) is 0 Å². The van der Waals surface area contributed by atoms with Crippen LogP contribution in [-0.4, -0.2) is 46.9 Å². The zero-order valence-electron chi connectivity index (χ0n) is 16.2. The molecule has 1 amide bonds. The topological polar surface area (TPSA) is 127 Å². The van der Waals surface area contributed by atoms with Crippen molar-refractivity contribution in [2.75, 3.05) is 6.26 Å². The third-order valence-corrected chi connectivity index (χ3v) is 4.95. The van der Waals surface area contributed by atoms with Crippen molar-refractivity contribution >= 4 is 23.2 Å². The Morgan fingerprint density at radius 1 is 1.34 bits per heavy atom. The van der Waals surface area contributed by atoms with Crippen LogP contribution in [0.25, 0.3) is 17.2 Å². The highest BCUT2D eigenvalue weighted by atomic mass is 32.2. The van der Waals surface area contributed by atoms with E-state index in [4.69, 9.17) is 4.52 Å². The van der Waals surface area contributed by atoms with Gasteiger partial charge in [0.2, 0.25) is 11.7 Å². The fraction of sp³-hybridized carbons (Fsp3) is 0.333. The van der Waals surface area contributed by atoms with Crippen molar-refractivity contribution < 1.29 is 9.32 Å². The molecule has 0 radical (unpaired) electrons. The fourth-order valence-corrected chi connectivity index (χ4v) is 3.56. The molecule has 0 unspecified atom stereocenters. The van der Waals surface area contributed by atoms with Crippen molar-refractivity contribution in [1.29, 1.82) is 0 Å². The van der Waals surface area contributed by atoms with Gasteiger partial charge in [0, 0.05) is 6.20 Å². The summed E-state index contributed by atoms with van der Waals surface area (Å²) >= 11 is 1.48. The number of amides is 1. The number of hydrogen-bond acceptors (Lipinski definition) is 8. The van der Waals surface area contributed by atoms with Gasteiger partial charge < -0.3 is 9.84 Å². The lowest BCUT2D eigenvalue weighted by Crippen LogP contribution is -2.30. The van der Waals surface area contributed by atoms with Crippen LogP contribution >= 0.6 is 11.8 Å². The highest BCUT2D eigenvalue weighted by molar-refractivity contribution is 7.98. The van der Waals surface area contributed by atoms with Gasteiger partial charge in [-0.15, -0.1) is 0 Å². The number of carbonyl (C=O) groups excluding carboxylic acids is 1. The van der Waals surface area contributed by atoms with E-state index in [-0.39, 0.29) is 11.7 Å². The molecule has 0 aliphatic rings. The number of thioether (sulfide) groups is 1. The van der Waals surface area contributed by atoms with Gasteiger partial charge in [-0.3, -0.25) is 14.3 Å². The lowest BCUT2D eigenvalue weighted by Gasteiger charge is -2.16. The molecule has 0 saturated carbocycles. The van der Waals surface area contributed by atoms with Crippen LogP contribution in [0.2, 0.25) is 0 Å². The van der Waals surface area contributed by atoms with Gasteiger partial charge in [0.15, 0.2) is 16.7 Å². The highest BCUT2D eigenvalue weighted by Gasteiger charge is 2.26. The van der Waals surface area contributed by atoms with Gasteiger partial charge >= 0.3 is 0 Å². The molecule has 4 heterocycles. The maximum Gasteiger partial charge on any atom is 0.272 e. The van der Waals surface area contributed by atoms with Crippen molar-refractivity contribution in [3.05, 3.63) is 42.3 Å². The second-order valence-corrected chi connectivity index (χ2v) is 7.62. The Bertz CT molecular complexity index is 1120. The normalized spacial score (nSPS) is 12.6. The smallest absolute Gasteiger partial charge is 0.272 e. The first-order valence-electron chi connectivity index (χ1n) is 9.08. The summed E-state index contributed by atoms with van der Waals surface area (Å²) in [4.78, 5) is 26.0. The first kappa shape index (κ1) is 19.1. The number of hydrogen-bond donors (Lipinski definition) is 2. The second kappa shape index (κ2) is 8.03. The zero-order chi connectivity index (χ0) is 20.4. The predicted molar refractivity (Wildman–Crippen MR) is 106 cm³/mol. The van der Waals surface area contributed by atoms with Crippen molar-refractivity contribution in [1.82, 2.24) is 40.0 Å². The van der Waals surface area contributed by atoms with Gasteiger partial charge in [0.05, 0.1) is 5.52 Å². The van der Waals surface area contributed by atoms with Crippen LogP contribution in [-0.2, 0) is 0 Å². The molecule has 11 heteroatoms. The zero-order valence-corrected chi connectivity index (χ0v) is 17.0. The van der Waals surface area contributed by atoms with Crippen LogP contribution < -0.4 is 5.32 Å². The van der Waals surface area contributed by atoms with E-state index in [0.29, 0.717) is 29.7 Å². The van der Waals surface area contributed by atoms with Crippen molar-refractivity contribution in [2.45, 2.75) is 31.5 Å². The maximum atomic E-state index is 13.1. The molecular formula is C18H20N8O2S. The molecule has 0 bridgehead atoms. The number of rotatable bonds is 7. The lowest BCUT2D eigenvalue weighted by atomic mass is 10.0. The number of aromatic amines is 1. The van der Waals surface area contributed by atoms with E-state index < -0.39 is 6.04 Å². The summed E-state index contributed by atoms with van der Waals surface area (Å²) in [6.45, 7) is 4.12. The molecule has 0 aliphatic heterocycles. The number of fused-ring (bicyclic) bond motifs is 1. The summed E-state index contributed by atoms with van der Waals surface area (Å²) in [5, 5.41) is 14.2. The third kappa shape index (κ3) is 3.86. The second-order valence-electron chi connectivity index (χ2n) is 6.85. The Hall–Kier alpha value is -3.21. The van der Waals surface area contributed by atoms with Crippen LogP contribution in [0.15, 0.2) is 40.4 Å². The highest BCUT2D eigenvalue weighted by Crippen LogP contribution is 2.24. The van der Waals surface area contributed by atoms with E-state index in [1.165, 1.54) is 18.1 Å². The summed E-state index contributed by atoms with van der Waals surface area (Å²) in [5.41, 5.74) is 1.10. The molecule has 4 aromatic rings. The standard InChI is InChI=1S/C18H20N8O2S/c1-10(2)8-11(17-23-15(25-28-17)14-19-9-20-24-14)21-16(27)13-12-6-4-5-7-26(12)18(22-13)29-3/h4-7,9-11H,8H2,1-3H3,(H,21,27)(H,19,20,24)/t11-/m1/s1. The molecular weight excluding hydrogens is 392 g/mol. The SMILES string of the molecule is CSc1nc(C(=O)N[C@H](CC(C)C)c2nc(-c3ncn[nH]3)no2)c2ccccn12. The van der Waals surface area contributed by atoms with E-state index in [1.54, 1.807) is 0 Å². The van der Waals surface area contributed by atoms with E-state index in [2.05, 4.69) is 49.5 Å². The van der Waals surface area contributed by atoms with Crippen LogP contribution in [0, 0.1) is 5.92 Å². The number of nitrogens with one attached hydrogen (secondary N) is 2. The van der Waals surface area contributed by atoms with Crippen molar-refractivity contribution in [2.24, 2.45) is 5.92 Å². The quantitative estimate of drug-likeness (QED) is 0.444. The Labute approximate surface area is 170 Å². The van der Waals surface area contributed by atoms with Gasteiger partial charge in [-0.25, -0.2) is 9.97 Å². The van der Waals surface area contributed by atoms with E-state index >= 15 is 0 Å². The van der Waals surface area contributed by atoms with Crippen molar-refractivity contribution in [3.63, 3.8) is 0 Å². The van der Waals surface area contributed by atoms with Crippen LogP contribution in [0.1, 0.15) is 42.7 Å². The van der Waals surface area contributed by atoms with Gasteiger partial charge in [-0.2, -0.15) is 10.1 Å². The van der Waals surface area contributed by atoms with E-state index in [1.807, 2.05) is 35.1 Å². The molecule has 4 rings (SSSR count). The van der Waals surface area contributed by atoms with Gasteiger partial charge in [-0.1, -0.05) is 36.8 Å². The summed E-state index contributed by atoms with van der Waals surface area (Å²) in [5.74, 6) is 1.00. The molecule has 150 valence electrons. The Morgan fingerprint density at radius 3 is 2.93 bits per heavy atom. The Balaban J connectivity index is 1.63. The minimum absolute atomic E-state index is 0.289. The first-order chi connectivity index (χ1) is 14.1. The largest absolute Gasteiger partial charge is 0.339 e. The molecule has 29 heavy (non-hydrogen) atoms. The fourth-order valence-electron chi connectivity index (χ4n) is 3.03. The van der Waals surface area contributed by atoms with Crippen LogP contribution in [0.5, 0.6) is 0 Å². The lowest BCUT2D eigenvalue weighted by molar-refractivity contribution is 0.0919. The van der Waals surface area contributed by atoms with Gasteiger partial charge in [0.1, 0.15) is 12.4 Å². The number of aromatic nitrogens is 7. The number of H-pyrrole nitrogens is 1. The molecule has 0 aliphatic carbocycles. The van der Waals surface area contributed by atoms with Crippen molar-refractivity contribution in [3.8, 4) is 11.6 Å². The first-order valence-corrected chi connectivity index (χ1v) is 10.3. The Kier molecular flexibility index (Phi) is 5.30. The van der Waals surface area contributed by atoms with Gasteiger partial charge in [0.25, 0.3) is 5.91 Å². The molecule has 0 fully saturated rings. The summed E-state index contributed by atoms with van der Waals surface area (Å²) < 4.78 is 7.30. The molecule has 2 N–H and O–H groups in total. The minimum atomic E-state index is -0.454. The molecule has 1 atom stereocenters. The van der Waals surface area contributed by atoms with Gasteiger partial charge in [-0.05, 0) is 30.7 Å². The minimum Gasteiger partial charge on any atom is -0.339 e. The van der Waals surface area contributed by atoms with E-state index in [9.17, 15) is 4.79 Å². The predicted octanol–water partition coefficient (Wildman–Crippen LogP) is 2.74. The van der Waals surface area contributed by atoms with Crippen LogP contribution in [0.3, 0.4) is 0 Å². The molecule has 0 aromatic carbocycles. The summed E-state index contributed by atoms with van der Waals surface area (Å²) in [7, 11) is 0. The average molecular weight is 412 g/mol. The Morgan fingerprint density at radius 2 is 2.21 bits per heavy atom. The number of nitrogens with zero attached hydrogens (tertiary/aromatic N) is 6. The third-order valence-electron chi connectivity index (χ3n) is 4.29. The summed E-state index contributed by atoms with van der Waals surface area (Å²) in [6.07, 6.45) is 5.81. The maximum absolute atomic E-state index is 13.1. The summed E-state index contributed by atoms with van der Waals surface area (Å²) in [6, 6.07) is 5.20. The molecule has 4 aromatic heterocycles. The number of carbonyl (C=O) groups is 1. The molecule has 0 saturated heterocycles.